The lowest BCUT2D eigenvalue weighted by Crippen LogP contribution is -1.99. The van der Waals surface area contributed by atoms with Gasteiger partial charge in [0.1, 0.15) is 17.3 Å². The fraction of sp³-hybridized carbons (Fsp3) is 0. The third-order valence-electron chi connectivity index (χ3n) is 3.94. The highest BCUT2D eigenvalue weighted by Crippen LogP contribution is 2.31. The number of rotatable bonds is 3. The molecule has 25 heavy (non-hydrogen) atoms. The molecule has 1 N–H and O–H groups in total. The highest BCUT2D eigenvalue weighted by atomic mass is 19.1. The van der Waals surface area contributed by atoms with Gasteiger partial charge in [-0.2, -0.15) is 0 Å². The number of carbonyl (C=O) groups is 1. The number of aromatic carboxylic acids is 1. The quantitative estimate of drug-likeness (QED) is 0.573. The molecule has 0 amide bonds. The second-order valence-corrected chi connectivity index (χ2v) is 5.52. The van der Waals surface area contributed by atoms with Crippen molar-refractivity contribution in [2.24, 2.45) is 0 Å². The fourth-order valence-electron chi connectivity index (χ4n) is 2.76. The van der Waals surface area contributed by atoms with E-state index < -0.39 is 5.97 Å². The van der Waals surface area contributed by atoms with E-state index in [0.29, 0.717) is 33.7 Å². The molecule has 0 saturated carbocycles. The molecule has 4 aromatic rings. The zero-order valence-electron chi connectivity index (χ0n) is 12.9. The van der Waals surface area contributed by atoms with E-state index in [1.54, 1.807) is 54.6 Å². The summed E-state index contributed by atoms with van der Waals surface area (Å²) in [7, 11) is 0. The first-order chi connectivity index (χ1) is 12.1. The molecule has 0 unspecified atom stereocenters. The van der Waals surface area contributed by atoms with Crippen molar-refractivity contribution in [3.8, 4) is 22.8 Å². The van der Waals surface area contributed by atoms with E-state index >= 15 is 0 Å². The summed E-state index contributed by atoms with van der Waals surface area (Å²) in [5, 5.41) is 10.0. The van der Waals surface area contributed by atoms with Crippen molar-refractivity contribution in [1.29, 1.82) is 0 Å². The van der Waals surface area contributed by atoms with E-state index in [2.05, 4.69) is 4.98 Å². The first kappa shape index (κ1) is 15.1. The highest BCUT2D eigenvalue weighted by Gasteiger charge is 2.16. The molecule has 0 atom stereocenters. The van der Waals surface area contributed by atoms with E-state index in [1.807, 2.05) is 0 Å². The second-order valence-electron chi connectivity index (χ2n) is 5.52. The number of hydrogen-bond acceptors (Lipinski definition) is 3. The van der Waals surface area contributed by atoms with Crippen LogP contribution >= 0.6 is 0 Å². The number of furan rings is 1. The molecule has 122 valence electrons. The van der Waals surface area contributed by atoms with E-state index in [9.17, 15) is 14.3 Å². The van der Waals surface area contributed by atoms with E-state index in [4.69, 9.17) is 4.42 Å². The maximum atomic E-state index is 13.9. The molecule has 0 aliphatic rings. The van der Waals surface area contributed by atoms with Gasteiger partial charge in [-0.3, -0.25) is 0 Å². The maximum Gasteiger partial charge on any atom is 0.336 e. The minimum absolute atomic E-state index is 0.143. The number of para-hydroxylation sites is 1. The monoisotopic (exact) mass is 333 g/mol. The zero-order valence-corrected chi connectivity index (χ0v) is 12.9. The summed E-state index contributed by atoms with van der Waals surface area (Å²) in [6.07, 6.45) is 0. The third kappa shape index (κ3) is 2.65. The molecule has 0 fully saturated rings. The molecular weight excluding hydrogens is 321 g/mol. The first-order valence-corrected chi connectivity index (χ1v) is 7.61. The minimum atomic E-state index is -1.04. The van der Waals surface area contributed by atoms with E-state index in [-0.39, 0.29) is 11.4 Å². The van der Waals surface area contributed by atoms with E-state index in [1.165, 1.54) is 12.1 Å². The molecule has 0 spiro atoms. The predicted octanol–water partition coefficient (Wildman–Crippen LogP) is 5.00. The normalized spacial score (nSPS) is 10.9. The zero-order chi connectivity index (χ0) is 17.4. The molecule has 2 heterocycles. The van der Waals surface area contributed by atoms with Crippen LogP contribution in [-0.4, -0.2) is 16.1 Å². The summed E-state index contributed by atoms with van der Waals surface area (Å²) in [6.45, 7) is 0. The average Bonchev–Trinajstić information content (AvgIpc) is 3.11. The summed E-state index contributed by atoms with van der Waals surface area (Å²) < 4.78 is 19.6. The van der Waals surface area contributed by atoms with Gasteiger partial charge in [0.15, 0.2) is 5.76 Å². The molecule has 5 heteroatoms. The highest BCUT2D eigenvalue weighted by molar-refractivity contribution is 6.03. The largest absolute Gasteiger partial charge is 0.478 e. The van der Waals surface area contributed by atoms with Crippen LogP contribution in [0.1, 0.15) is 10.4 Å². The average molecular weight is 333 g/mol. The number of hydrogen-bond donors (Lipinski definition) is 1. The number of aromatic nitrogens is 1. The molecule has 0 radical (unpaired) electrons. The topological polar surface area (TPSA) is 63.3 Å². The molecule has 0 saturated heterocycles. The van der Waals surface area contributed by atoms with Crippen LogP contribution < -0.4 is 0 Å². The van der Waals surface area contributed by atoms with Gasteiger partial charge < -0.3 is 9.52 Å². The number of fused-ring (bicyclic) bond motifs is 1. The lowest BCUT2D eigenvalue weighted by atomic mass is 10.1. The predicted molar refractivity (Wildman–Crippen MR) is 91.8 cm³/mol. The van der Waals surface area contributed by atoms with Gasteiger partial charge in [0.25, 0.3) is 0 Å². The van der Waals surface area contributed by atoms with Gasteiger partial charge in [0.05, 0.1) is 16.6 Å². The van der Waals surface area contributed by atoms with Crippen LogP contribution in [0.25, 0.3) is 33.7 Å². The molecule has 2 aromatic carbocycles. The number of halogens is 1. The van der Waals surface area contributed by atoms with Gasteiger partial charge in [0, 0.05) is 5.39 Å². The van der Waals surface area contributed by atoms with Crippen molar-refractivity contribution < 1.29 is 18.7 Å². The Morgan fingerprint density at radius 2 is 1.68 bits per heavy atom. The van der Waals surface area contributed by atoms with Crippen molar-refractivity contribution >= 4 is 16.9 Å². The molecule has 4 rings (SSSR count). The minimum Gasteiger partial charge on any atom is -0.478 e. The molecular formula is C20H12FNO3. The summed E-state index contributed by atoms with van der Waals surface area (Å²) in [5.74, 6) is -0.687. The standard InChI is InChI=1S/C20H12FNO3/c21-15-7-3-1-6-13(15)18-9-10-19(25-18)17-11-14(20(23)24)12-5-2-4-8-16(12)22-17/h1-11H,(H,23,24). The van der Waals surface area contributed by atoms with Crippen molar-refractivity contribution in [2.45, 2.75) is 0 Å². The molecule has 0 bridgehead atoms. The van der Waals surface area contributed by atoms with Crippen LogP contribution in [0.5, 0.6) is 0 Å². The van der Waals surface area contributed by atoms with Gasteiger partial charge in [-0.05, 0) is 36.4 Å². The van der Waals surface area contributed by atoms with Crippen molar-refractivity contribution in [1.82, 2.24) is 4.98 Å². The third-order valence-corrected chi connectivity index (χ3v) is 3.94. The van der Waals surface area contributed by atoms with Crippen LogP contribution in [0.2, 0.25) is 0 Å². The lowest BCUT2D eigenvalue weighted by molar-refractivity contribution is 0.0699. The number of carboxylic acids is 1. The molecule has 0 aliphatic heterocycles. The molecule has 2 aromatic heterocycles. The first-order valence-electron chi connectivity index (χ1n) is 7.61. The van der Waals surface area contributed by atoms with Crippen LogP contribution in [0.4, 0.5) is 4.39 Å². The fourth-order valence-corrected chi connectivity index (χ4v) is 2.76. The van der Waals surface area contributed by atoms with Crippen LogP contribution in [0.15, 0.2) is 71.1 Å². The number of benzene rings is 2. The Bertz CT molecular complexity index is 1100. The number of pyridine rings is 1. The maximum absolute atomic E-state index is 13.9. The van der Waals surface area contributed by atoms with Crippen molar-refractivity contribution in [2.75, 3.05) is 0 Å². The van der Waals surface area contributed by atoms with Crippen LogP contribution in [0, 0.1) is 5.82 Å². The number of carboxylic acid groups (broad SMARTS) is 1. The second kappa shape index (κ2) is 5.87. The Morgan fingerprint density at radius 3 is 2.48 bits per heavy atom. The number of nitrogens with zero attached hydrogens (tertiary/aromatic N) is 1. The Kier molecular flexibility index (Phi) is 3.54. The Morgan fingerprint density at radius 1 is 0.960 bits per heavy atom. The van der Waals surface area contributed by atoms with Gasteiger partial charge in [0.2, 0.25) is 0 Å². The van der Waals surface area contributed by atoms with Gasteiger partial charge in [-0.25, -0.2) is 14.2 Å². The summed E-state index contributed by atoms with van der Waals surface area (Å²) in [6, 6.07) is 18.1. The molecule has 4 nitrogen and oxygen atoms in total. The summed E-state index contributed by atoms with van der Waals surface area (Å²) >= 11 is 0. The van der Waals surface area contributed by atoms with Gasteiger partial charge >= 0.3 is 5.97 Å². The van der Waals surface area contributed by atoms with Crippen LogP contribution in [0.3, 0.4) is 0 Å². The Balaban J connectivity index is 1.86. The Hall–Kier alpha value is -3.47. The van der Waals surface area contributed by atoms with Crippen molar-refractivity contribution in [3.63, 3.8) is 0 Å². The summed E-state index contributed by atoms with van der Waals surface area (Å²) in [4.78, 5) is 16.0. The van der Waals surface area contributed by atoms with Crippen LogP contribution in [-0.2, 0) is 0 Å². The van der Waals surface area contributed by atoms with Crippen molar-refractivity contribution in [3.05, 3.63) is 78.1 Å². The van der Waals surface area contributed by atoms with Gasteiger partial charge in [-0.15, -0.1) is 0 Å². The molecule has 0 aliphatic carbocycles. The van der Waals surface area contributed by atoms with Gasteiger partial charge in [-0.1, -0.05) is 30.3 Å². The Labute approximate surface area is 142 Å². The summed E-state index contributed by atoms with van der Waals surface area (Å²) in [5.41, 5.74) is 1.43. The van der Waals surface area contributed by atoms with E-state index in [0.717, 1.165) is 0 Å². The smallest absolute Gasteiger partial charge is 0.336 e. The SMILES string of the molecule is O=C(O)c1cc(-c2ccc(-c3ccccc3F)o2)nc2ccccc12. The lowest BCUT2D eigenvalue weighted by Gasteiger charge is -2.05.